The molecule has 0 aliphatic heterocycles. The van der Waals surface area contributed by atoms with Crippen LogP contribution in [-0.4, -0.2) is 15.9 Å². The average molecular weight is 427 g/mol. The van der Waals surface area contributed by atoms with E-state index >= 15 is 0 Å². The number of carbonyl (C=O) groups is 1. The predicted molar refractivity (Wildman–Crippen MR) is 121 cm³/mol. The molecule has 1 aromatic heterocycles. The molecule has 1 amide bonds. The average Bonchev–Trinajstić information content (AvgIpc) is 2.80. The van der Waals surface area contributed by atoms with Crippen molar-refractivity contribution in [1.29, 1.82) is 0 Å². The van der Waals surface area contributed by atoms with Gasteiger partial charge in [-0.1, -0.05) is 29.8 Å². The van der Waals surface area contributed by atoms with Gasteiger partial charge in [-0.25, -0.2) is 9.37 Å². The van der Waals surface area contributed by atoms with Crippen LogP contribution in [0.25, 0.3) is 11.4 Å². The van der Waals surface area contributed by atoms with E-state index in [0.29, 0.717) is 28.6 Å². The normalized spacial score (nSPS) is 11.6. The van der Waals surface area contributed by atoms with Crippen LogP contribution >= 0.6 is 0 Å². The molecule has 0 spiro atoms. The summed E-state index contributed by atoms with van der Waals surface area (Å²) in [7, 11) is 0. The molecule has 0 aliphatic rings. The quantitative estimate of drug-likeness (QED) is 0.418. The maximum absolute atomic E-state index is 13.1. The third-order valence-corrected chi connectivity index (χ3v) is 5.00. The lowest BCUT2D eigenvalue weighted by Crippen LogP contribution is -2.26. The van der Waals surface area contributed by atoms with Crippen molar-refractivity contribution in [2.45, 2.75) is 19.9 Å². The molecule has 1 atom stereocenters. The van der Waals surface area contributed by atoms with Crippen LogP contribution in [0.15, 0.2) is 85.1 Å². The van der Waals surface area contributed by atoms with Crippen molar-refractivity contribution in [3.05, 3.63) is 108 Å². The molecule has 3 aromatic carbocycles. The summed E-state index contributed by atoms with van der Waals surface area (Å²) in [5.74, 6) is 0.841. The van der Waals surface area contributed by atoms with Crippen molar-refractivity contribution in [2.24, 2.45) is 0 Å². The fourth-order valence-corrected chi connectivity index (χ4v) is 3.15. The molecular weight excluding hydrogens is 405 g/mol. The SMILES string of the molecule is Cc1ccc([C@@H](C)NC(=O)c2ccc(Oc3ccnc(-c4ccc(F)cc4)n3)cc2)cc1. The van der Waals surface area contributed by atoms with Crippen LogP contribution in [0, 0.1) is 12.7 Å². The second-order valence-electron chi connectivity index (χ2n) is 7.46. The van der Waals surface area contributed by atoms with Crippen molar-refractivity contribution >= 4 is 5.91 Å². The number of aryl methyl sites for hydroxylation is 1. The number of amides is 1. The lowest BCUT2D eigenvalue weighted by Gasteiger charge is -2.15. The highest BCUT2D eigenvalue weighted by atomic mass is 19.1. The monoisotopic (exact) mass is 427 g/mol. The third kappa shape index (κ3) is 5.16. The Morgan fingerprint density at radius 1 is 0.938 bits per heavy atom. The van der Waals surface area contributed by atoms with Gasteiger partial charge >= 0.3 is 0 Å². The highest BCUT2D eigenvalue weighted by Crippen LogP contribution is 2.23. The summed E-state index contributed by atoms with van der Waals surface area (Å²) >= 11 is 0. The van der Waals surface area contributed by atoms with Gasteiger partial charge in [0.15, 0.2) is 5.82 Å². The number of ether oxygens (including phenoxy) is 1. The minimum atomic E-state index is -0.321. The Morgan fingerprint density at radius 3 is 2.31 bits per heavy atom. The molecule has 4 aromatic rings. The van der Waals surface area contributed by atoms with E-state index in [1.807, 2.05) is 38.1 Å². The molecule has 0 unspecified atom stereocenters. The van der Waals surface area contributed by atoms with Crippen LogP contribution in [0.1, 0.15) is 34.5 Å². The van der Waals surface area contributed by atoms with Crippen molar-refractivity contribution in [1.82, 2.24) is 15.3 Å². The minimum absolute atomic E-state index is 0.107. The molecule has 0 radical (unpaired) electrons. The molecule has 0 saturated carbocycles. The molecule has 1 heterocycles. The number of hydrogen-bond donors (Lipinski definition) is 1. The largest absolute Gasteiger partial charge is 0.439 e. The van der Waals surface area contributed by atoms with Gasteiger partial charge in [0.05, 0.1) is 6.04 Å². The summed E-state index contributed by atoms with van der Waals surface area (Å²) in [6, 6.07) is 22.4. The van der Waals surface area contributed by atoms with E-state index < -0.39 is 0 Å². The predicted octanol–water partition coefficient (Wildman–Crippen LogP) is 5.87. The van der Waals surface area contributed by atoms with Gasteiger partial charge in [-0.15, -0.1) is 0 Å². The number of benzene rings is 3. The fourth-order valence-electron chi connectivity index (χ4n) is 3.15. The molecule has 0 fully saturated rings. The van der Waals surface area contributed by atoms with Crippen LogP contribution < -0.4 is 10.1 Å². The summed E-state index contributed by atoms with van der Waals surface area (Å²) in [6.07, 6.45) is 1.58. The maximum atomic E-state index is 13.1. The van der Waals surface area contributed by atoms with Crippen LogP contribution in [-0.2, 0) is 0 Å². The van der Waals surface area contributed by atoms with Crippen molar-refractivity contribution in [2.75, 3.05) is 0 Å². The zero-order chi connectivity index (χ0) is 22.5. The van der Waals surface area contributed by atoms with E-state index in [0.717, 1.165) is 5.56 Å². The molecule has 32 heavy (non-hydrogen) atoms. The van der Waals surface area contributed by atoms with E-state index in [-0.39, 0.29) is 17.8 Å². The second-order valence-corrected chi connectivity index (χ2v) is 7.46. The summed E-state index contributed by atoms with van der Waals surface area (Å²) in [6.45, 7) is 3.98. The fraction of sp³-hybridized carbons (Fsp3) is 0.115. The minimum Gasteiger partial charge on any atom is -0.439 e. The Bertz CT molecular complexity index is 1210. The first kappa shape index (κ1) is 21.2. The van der Waals surface area contributed by atoms with Gasteiger partial charge < -0.3 is 10.1 Å². The smallest absolute Gasteiger partial charge is 0.251 e. The zero-order valence-electron chi connectivity index (χ0n) is 17.7. The molecule has 0 aliphatic carbocycles. The number of carbonyl (C=O) groups excluding carboxylic acids is 1. The van der Waals surface area contributed by atoms with Gasteiger partial charge in [0.2, 0.25) is 5.88 Å². The Morgan fingerprint density at radius 2 is 1.62 bits per heavy atom. The standard InChI is InChI=1S/C26H22FN3O2/c1-17-3-5-19(6-4-17)18(2)29-26(31)21-9-13-23(14-10-21)32-24-15-16-28-25(30-24)20-7-11-22(27)12-8-20/h3-16,18H,1-2H3,(H,29,31)/t18-/m1/s1. The van der Waals surface area contributed by atoms with E-state index in [2.05, 4.69) is 15.3 Å². The van der Waals surface area contributed by atoms with E-state index in [1.165, 1.54) is 17.7 Å². The second kappa shape index (κ2) is 9.39. The summed E-state index contributed by atoms with van der Waals surface area (Å²) in [4.78, 5) is 21.2. The molecular formula is C26H22FN3O2. The number of halogens is 1. The summed E-state index contributed by atoms with van der Waals surface area (Å²) in [5, 5.41) is 3.00. The van der Waals surface area contributed by atoms with Gasteiger partial charge in [-0.3, -0.25) is 4.79 Å². The number of aromatic nitrogens is 2. The first-order valence-corrected chi connectivity index (χ1v) is 10.2. The van der Waals surface area contributed by atoms with Crippen molar-refractivity contribution in [3.63, 3.8) is 0 Å². The summed E-state index contributed by atoms with van der Waals surface area (Å²) < 4.78 is 18.9. The van der Waals surface area contributed by atoms with Crippen LogP contribution in [0.2, 0.25) is 0 Å². The number of nitrogens with one attached hydrogen (secondary N) is 1. The molecule has 160 valence electrons. The van der Waals surface area contributed by atoms with Gasteiger partial charge in [0.25, 0.3) is 5.91 Å². The highest BCUT2D eigenvalue weighted by molar-refractivity contribution is 5.94. The van der Waals surface area contributed by atoms with Gasteiger partial charge in [-0.2, -0.15) is 4.98 Å². The van der Waals surface area contributed by atoms with Crippen molar-refractivity contribution < 1.29 is 13.9 Å². The van der Waals surface area contributed by atoms with Crippen LogP contribution in [0.5, 0.6) is 11.6 Å². The van der Waals surface area contributed by atoms with Gasteiger partial charge in [0.1, 0.15) is 11.6 Å². The molecule has 0 saturated heterocycles. The molecule has 1 N–H and O–H groups in total. The van der Waals surface area contributed by atoms with Gasteiger partial charge in [0, 0.05) is 23.4 Å². The lowest BCUT2D eigenvalue weighted by molar-refractivity contribution is 0.0940. The number of rotatable bonds is 6. The topological polar surface area (TPSA) is 64.1 Å². The lowest BCUT2D eigenvalue weighted by atomic mass is 10.1. The highest BCUT2D eigenvalue weighted by Gasteiger charge is 2.12. The Labute approximate surface area is 185 Å². The Hall–Kier alpha value is -4.06. The molecule has 4 rings (SSSR count). The van der Waals surface area contributed by atoms with E-state index in [4.69, 9.17) is 4.74 Å². The van der Waals surface area contributed by atoms with Gasteiger partial charge in [-0.05, 0) is 67.9 Å². The molecule has 0 bridgehead atoms. The molecule has 6 heteroatoms. The maximum Gasteiger partial charge on any atom is 0.251 e. The molecule has 5 nitrogen and oxygen atoms in total. The first-order chi connectivity index (χ1) is 15.5. The summed E-state index contributed by atoms with van der Waals surface area (Å²) in [5.41, 5.74) is 3.44. The zero-order valence-corrected chi connectivity index (χ0v) is 17.7. The Balaban J connectivity index is 1.41. The van der Waals surface area contributed by atoms with Crippen LogP contribution in [0.3, 0.4) is 0 Å². The third-order valence-electron chi connectivity index (χ3n) is 5.00. The first-order valence-electron chi connectivity index (χ1n) is 10.2. The van der Waals surface area contributed by atoms with E-state index in [1.54, 1.807) is 48.7 Å². The number of hydrogen-bond acceptors (Lipinski definition) is 4. The van der Waals surface area contributed by atoms with Crippen LogP contribution in [0.4, 0.5) is 4.39 Å². The Kier molecular flexibility index (Phi) is 6.22. The van der Waals surface area contributed by atoms with Crippen molar-refractivity contribution in [3.8, 4) is 23.0 Å². The van der Waals surface area contributed by atoms with E-state index in [9.17, 15) is 9.18 Å². The number of nitrogens with zero attached hydrogens (tertiary/aromatic N) is 2.